The zero-order chi connectivity index (χ0) is 21.9. The van der Waals surface area contributed by atoms with Crippen molar-refractivity contribution in [2.24, 2.45) is 0 Å². The van der Waals surface area contributed by atoms with Crippen LogP contribution in [-0.2, 0) is 14.8 Å². The van der Waals surface area contributed by atoms with Crippen molar-refractivity contribution in [2.45, 2.75) is 11.5 Å². The molecule has 1 N–H and O–H groups in total. The van der Waals surface area contributed by atoms with Gasteiger partial charge in [0.1, 0.15) is 5.75 Å². The first-order chi connectivity index (χ1) is 14.2. The van der Waals surface area contributed by atoms with Crippen molar-refractivity contribution in [3.63, 3.8) is 0 Å². The summed E-state index contributed by atoms with van der Waals surface area (Å²) in [5.74, 6) is -0.860. The second-order valence-corrected chi connectivity index (χ2v) is 8.79. The van der Waals surface area contributed by atoms with Crippen molar-refractivity contribution in [3.05, 3.63) is 65.7 Å². The van der Waals surface area contributed by atoms with Gasteiger partial charge in [-0.1, -0.05) is 41.9 Å². The van der Waals surface area contributed by atoms with Crippen LogP contribution >= 0.6 is 11.6 Å². The monoisotopic (exact) mass is 454 g/mol. The van der Waals surface area contributed by atoms with E-state index in [2.05, 4.69) is 10.1 Å². The summed E-state index contributed by atoms with van der Waals surface area (Å²) in [7, 11) is -2.61. The lowest BCUT2D eigenvalue weighted by Crippen LogP contribution is -2.34. The zero-order valence-electron chi connectivity index (χ0n) is 15.7. The number of amides is 1. The van der Waals surface area contributed by atoms with Crippen LogP contribution in [0.2, 0.25) is 5.02 Å². The molecule has 0 aromatic heterocycles. The molecule has 6 nitrogen and oxygen atoms in total. The predicted molar refractivity (Wildman–Crippen MR) is 110 cm³/mol. The Morgan fingerprint density at radius 1 is 1.10 bits per heavy atom. The van der Waals surface area contributed by atoms with Gasteiger partial charge in [-0.3, -0.25) is 4.79 Å². The molecule has 0 radical (unpaired) electrons. The van der Waals surface area contributed by atoms with Crippen molar-refractivity contribution >= 4 is 44.0 Å². The van der Waals surface area contributed by atoms with E-state index in [4.69, 9.17) is 11.6 Å². The summed E-state index contributed by atoms with van der Waals surface area (Å²) >= 11 is 5.85. The van der Waals surface area contributed by atoms with E-state index in [1.165, 1.54) is 31.3 Å². The average Bonchev–Trinajstić information content (AvgIpc) is 2.69. The molecule has 0 unspecified atom stereocenters. The number of carbonyl (C=O) groups is 1. The summed E-state index contributed by atoms with van der Waals surface area (Å²) in [5, 5.41) is 4.01. The van der Waals surface area contributed by atoms with E-state index >= 15 is 0 Å². The van der Waals surface area contributed by atoms with Gasteiger partial charge in [0.2, 0.25) is 15.9 Å². The molecule has 0 atom stereocenters. The largest absolute Gasteiger partial charge is 0.433 e. The topological polar surface area (TPSA) is 75.7 Å². The Hall–Kier alpha value is -2.75. The van der Waals surface area contributed by atoms with E-state index in [0.29, 0.717) is 0 Å². The van der Waals surface area contributed by atoms with Crippen molar-refractivity contribution in [3.8, 4) is 5.75 Å². The van der Waals surface area contributed by atoms with Crippen LogP contribution in [0.1, 0.15) is 0 Å². The summed E-state index contributed by atoms with van der Waals surface area (Å²) in [6.45, 7) is -3.49. The number of halogens is 3. The number of anilines is 1. The number of rotatable bonds is 7. The number of alkyl halides is 2. The van der Waals surface area contributed by atoms with Gasteiger partial charge in [-0.05, 0) is 41.1 Å². The lowest BCUT2D eigenvalue weighted by molar-refractivity contribution is -0.116. The molecular weight excluding hydrogens is 438 g/mol. The molecule has 0 saturated heterocycles. The number of hydrogen-bond acceptors (Lipinski definition) is 4. The minimum absolute atomic E-state index is 0.0630. The van der Waals surface area contributed by atoms with Crippen molar-refractivity contribution in [1.29, 1.82) is 0 Å². The van der Waals surface area contributed by atoms with Gasteiger partial charge in [0.05, 0.1) is 16.5 Å². The molecule has 3 aromatic rings. The fourth-order valence-electron chi connectivity index (χ4n) is 2.77. The molecule has 0 aliphatic carbocycles. The molecule has 0 spiro atoms. The average molecular weight is 455 g/mol. The highest BCUT2D eigenvalue weighted by atomic mass is 35.5. The maximum absolute atomic E-state index is 12.8. The first-order valence-electron chi connectivity index (χ1n) is 8.66. The van der Waals surface area contributed by atoms with Crippen LogP contribution in [-0.4, -0.2) is 38.8 Å². The number of likely N-dealkylation sites (N-methyl/N-ethyl adjacent to an activating group) is 1. The van der Waals surface area contributed by atoms with Crippen molar-refractivity contribution in [1.82, 2.24) is 4.31 Å². The number of carbonyl (C=O) groups excluding carboxylic acids is 1. The Balaban J connectivity index is 1.70. The molecule has 0 saturated carbocycles. The second kappa shape index (κ2) is 8.95. The number of hydrogen-bond donors (Lipinski definition) is 1. The second-order valence-electron chi connectivity index (χ2n) is 6.34. The van der Waals surface area contributed by atoms with Crippen molar-refractivity contribution in [2.75, 3.05) is 18.9 Å². The first-order valence-corrected chi connectivity index (χ1v) is 10.5. The van der Waals surface area contributed by atoms with Gasteiger partial charge < -0.3 is 10.1 Å². The molecule has 0 bridgehead atoms. The van der Waals surface area contributed by atoms with E-state index < -0.39 is 29.1 Å². The van der Waals surface area contributed by atoms with E-state index in [9.17, 15) is 22.0 Å². The van der Waals surface area contributed by atoms with Gasteiger partial charge in [0, 0.05) is 12.7 Å². The Bertz CT molecular complexity index is 1190. The van der Waals surface area contributed by atoms with Gasteiger partial charge in [-0.2, -0.15) is 13.1 Å². The third-order valence-electron chi connectivity index (χ3n) is 4.23. The minimum atomic E-state index is -3.90. The maximum Gasteiger partial charge on any atom is 0.387 e. The Morgan fingerprint density at radius 3 is 2.47 bits per heavy atom. The fraction of sp³-hybridized carbons (Fsp3) is 0.150. The van der Waals surface area contributed by atoms with Crippen LogP contribution in [0.15, 0.2) is 65.6 Å². The molecule has 0 aliphatic heterocycles. The fourth-order valence-corrected chi connectivity index (χ4v) is 4.15. The number of ether oxygens (including phenoxy) is 1. The SMILES string of the molecule is CN(CC(=O)Nc1ccc(OC(F)F)c(Cl)c1)S(=O)(=O)c1ccc2ccccc2c1. The highest BCUT2D eigenvalue weighted by molar-refractivity contribution is 7.89. The molecule has 30 heavy (non-hydrogen) atoms. The van der Waals surface area contributed by atoms with E-state index in [1.54, 1.807) is 24.3 Å². The van der Waals surface area contributed by atoms with Gasteiger partial charge in [-0.15, -0.1) is 0 Å². The third kappa shape index (κ3) is 5.05. The first kappa shape index (κ1) is 21.9. The van der Waals surface area contributed by atoms with Gasteiger partial charge in [-0.25, -0.2) is 8.42 Å². The van der Waals surface area contributed by atoms with Crippen LogP contribution in [0.5, 0.6) is 5.75 Å². The molecule has 10 heteroatoms. The van der Waals surface area contributed by atoms with Gasteiger partial charge >= 0.3 is 6.61 Å². The molecular formula is C20H17ClF2N2O4S. The summed E-state index contributed by atoms with van der Waals surface area (Å²) in [4.78, 5) is 12.3. The Kier molecular flexibility index (Phi) is 6.55. The molecule has 0 heterocycles. The molecule has 0 aliphatic rings. The predicted octanol–water partition coefficient (Wildman–Crippen LogP) is 4.35. The highest BCUT2D eigenvalue weighted by Gasteiger charge is 2.23. The Morgan fingerprint density at radius 2 is 1.80 bits per heavy atom. The summed E-state index contributed by atoms with van der Waals surface area (Å²) in [5.41, 5.74) is 0.211. The molecule has 158 valence electrons. The lowest BCUT2D eigenvalue weighted by atomic mass is 10.1. The van der Waals surface area contributed by atoms with Crippen LogP contribution in [0.25, 0.3) is 10.8 Å². The molecule has 3 rings (SSSR count). The minimum Gasteiger partial charge on any atom is -0.433 e. The van der Waals surface area contributed by atoms with E-state index in [1.807, 2.05) is 12.1 Å². The van der Waals surface area contributed by atoms with Crippen molar-refractivity contribution < 1.29 is 26.7 Å². The zero-order valence-corrected chi connectivity index (χ0v) is 17.3. The highest BCUT2D eigenvalue weighted by Crippen LogP contribution is 2.29. The van der Waals surface area contributed by atoms with E-state index in [-0.39, 0.29) is 21.4 Å². The van der Waals surface area contributed by atoms with Gasteiger partial charge in [0.25, 0.3) is 0 Å². The van der Waals surface area contributed by atoms with Crippen LogP contribution in [0, 0.1) is 0 Å². The normalized spacial score (nSPS) is 11.8. The number of nitrogens with one attached hydrogen (secondary N) is 1. The van der Waals surface area contributed by atoms with Crippen LogP contribution in [0.3, 0.4) is 0 Å². The lowest BCUT2D eigenvalue weighted by Gasteiger charge is -2.17. The van der Waals surface area contributed by atoms with Gasteiger partial charge in [0.15, 0.2) is 0 Å². The summed E-state index contributed by atoms with van der Waals surface area (Å²) < 4.78 is 55.3. The van der Waals surface area contributed by atoms with Crippen LogP contribution < -0.4 is 10.1 Å². The quantitative estimate of drug-likeness (QED) is 0.575. The molecule has 1 amide bonds. The third-order valence-corrected chi connectivity index (χ3v) is 6.32. The summed E-state index contributed by atoms with van der Waals surface area (Å²) in [6.07, 6.45) is 0. The number of fused-ring (bicyclic) bond motifs is 1. The number of nitrogens with zero attached hydrogens (tertiary/aromatic N) is 1. The number of sulfonamides is 1. The summed E-state index contributed by atoms with van der Waals surface area (Å²) in [6, 6.07) is 15.8. The molecule has 0 fully saturated rings. The van der Waals surface area contributed by atoms with Crippen LogP contribution in [0.4, 0.5) is 14.5 Å². The Labute approximate surface area is 177 Å². The maximum atomic E-state index is 12.8. The standard InChI is InChI=1S/C20H17ClF2N2O4S/c1-25(30(27,28)16-8-6-13-4-2-3-5-14(13)10-16)12-19(26)24-15-7-9-18(17(21)11-15)29-20(22)23/h2-11,20H,12H2,1H3,(H,24,26). The number of benzene rings is 3. The molecule has 3 aromatic carbocycles. The van der Waals surface area contributed by atoms with E-state index in [0.717, 1.165) is 15.1 Å². The smallest absolute Gasteiger partial charge is 0.387 e.